The zero-order valence-electron chi connectivity index (χ0n) is 20.5. The molecule has 0 spiro atoms. The molecule has 1 aliphatic rings. The molecule has 0 bridgehead atoms. The van der Waals surface area contributed by atoms with Gasteiger partial charge in [-0.2, -0.15) is 0 Å². The molecule has 2 atom stereocenters. The molecule has 34 heavy (non-hydrogen) atoms. The standard InChI is InChI=1S/C27H33N5OS/c1-17(2)32-19(4)16-22(20(32)5)26-25(23-11-6-7-13-28-23)30-27(34)31(26)14-12-24(33)29-21-10-8-9-18(3)15-21/h6-11,13,15-17,25-26H,12,14H2,1-5H3,(H,29,33)(H,30,34)/t25-,26+/m0/s1. The van der Waals surface area contributed by atoms with Crippen molar-refractivity contribution in [3.8, 4) is 0 Å². The van der Waals surface area contributed by atoms with Gasteiger partial charge < -0.3 is 20.1 Å². The van der Waals surface area contributed by atoms with Gasteiger partial charge in [-0.15, -0.1) is 0 Å². The maximum Gasteiger partial charge on any atom is 0.226 e. The summed E-state index contributed by atoms with van der Waals surface area (Å²) in [5.74, 6) is -0.0268. The van der Waals surface area contributed by atoms with E-state index in [-0.39, 0.29) is 18.0 Å². The normalized spacial score (nSPS) is 17.8. The summed E-state index contributed by atoms with van der Waals surface area (Å²) in [6.45, 7) is 11.2. The molecule has 1 saturated heterocycles. The van der Waals surface area contributed by atoms with Crippen LogP contribution in [0.4, 0.5) is 5.69 Å². The Bertz CT molecular complexity index is 1190. The van der Waals surface area contributed by atoms with Gasteiger partial charge in [-0.05, 0) is 88.3 Å². The smallest absolute Gasteiger partial charge is 0.226 e. The van der Waals surface area contributed by atoms with E-state index in [9.17, 15) is 4.79 Å². The minimum Gasteiger partial charge on any atom is -0.352 e. The number of hydrogen-bond acceptors (Lipinski definition) is 3. The van der Waals surface area contributed by atoms with Crippen LogP contribution >= 0.6 is 12.2 Å². The Hall–Kier alpha value is -3.19. The fourth-order valence-corrected chi connectivity index (χ4v) is 5.38. The molecular formula is C27H33N5OS. The Balaban J connectivity index is 1.62. The van der Waals surface area contributed by atoms with E-state index in [2.05, 4.69) is 58.8 Å². The van der Waals surface area contributed by atoms with Crippen molar-refractivity contribution >= 4 is 28.9 Å². The van der Waals surface area contributed by atoms with Crippen molar-refractivity contribution in [3.05, 3.63) is 82.9 Å². The zero-order chi connectivity index (χ0) is 24.4. The molecule has 1 aliphatic heterocycles. The van der Waals surface area contributed by atoms with Crippen molar-refractivity contribution in [2.75, 3.05) is 11.9 Å². The maximum atomic E-state index is 12.8. The number of carbonyl (C=O) groups excluding carboxylic acids is 1. The van der Waals surface area contributed by atoms with Crippen LogP contribution in [0.3, 0.4) is 0 Å². The molecule has 4 rings (SSSR count). The molecule has 3 aromatic rings. The number of amides is 1. The molecule has 0 aliphatic carbocycles. The third-order valence-electron chi connectivity index (χ3n) is 6.44. The van der Waals surface area contributed by atoms with Crippen LogP contribution in [0.5, 0.6) is 0 Å². The highest BCUT2D eigenvalue weighted by Crippen LogP contribution is 2.41. The van der Waals surface area contributed by atoms with E-state index in [1.54, 1.807) is 0 Å². The number of anilines is 1. The number of carbonyl (C=O) groups is 1. The van der Waals surface area contributed by atoms with Crippen LogP contribution in [-0.4, -0.2) is 32.0 Å². The van der Waals surface area contributed by atoms with Gasteiger partial charge in [-0.25, -0.2) is 0 Å². The van der Waals surface area contributed by atoms with Crippen LogP contribution in [0.2, 0.25) is 0 Å². The van der Waals surface area contributed by atoms with Gasteiger partial charge in [-0.1, -0.05) is 18.2 Å². The van der Waals surface area contributed by atoms with Crippen molar-refractivity contribution < 1.29 is 4.79 Å². The van der Waals surface area contributed by atoms with Crippen molar-refractivity contribution in [2.45, 2.75) is 59.2 Å². The average molecular weight is 476 g/mol. The van der Waals surface area contributed by atoms with Gasteiger partial charge in [0.15, 0.2) is 5.11 Å². The summed E-state index contributed by atoms with van der Waals surface area (Å²) < 4.78 is 2.36. The zero-order valence-corrected chi connectivity index (χ0v) is 21.3. The number of rotatable bonds is 7. The largest absolute Gasteiger partial charge is 0.352 e. The predicted molar refractivity (Wildman–Crippen MR) is 141 cm³/mol. The highest BCUT2D eigenvalue weighted by atomic mass is 32.1. The first-order valence-corrected chi connectivity index (χ1v) is 12.2. The number of benzene rings is 1. The molecule has 0 saturated carbocycles. The molecule has 2 N–H and O–H groups in total. The Labute approximate surface area is 207 Å². The van der Waals surface area contributed by atoms with Crippen LogP contribution in [0, 0.1) is 20.8 Å². The monoisotopic (exact) mass is 475 g/mol. The Morgan fingerprint density at radius 3 is 2.59 bits per heavy atom. The minimum absolute atomic E-state index is 0.0268. The summed E-state index contributed by atoms with van der Waals surface area (Å²) in [4.78, 5) is 19.6. The number of pyridine rings is 1. The third-order valence-corrected chi connectivity index (χ3v) is 6.79. The van der Waals surface area contributed by atoms with Gasteiger partial charge in [-0.3, -0.25) is 9.78 Å². The van der Waals surface area contributed by atoms with Crippen molar-refractivity contribution in [1.82, 2.24) is 19.8 Å². The molecule has 7 heteroatoms. The highest BCUT2D eigenvalue weighted by Gasteiger charge is 2.41. The first kappa shape index (κ1) is 24.0. The predicted octanol–water partition coefficient (Wildman–Crippen LogP) is 5.39. The summed E-state index contributed by atoms with van der Waals surface area (Å²) in [6, 6.07) is 16.3. The van der Waals surface area contributed by atoms with E-state index in [0.717, 1.165) is 16.9 Å². The maximum absolute atomic E-state index is 12.8. The van der Waals surface area contributed by atoms with Crippen LogP contribution in [0.15, 0.2) is 54.7 Å². The molecule has 3 heterocycles. The lowest BCUT2D eigenvalue weighted by molar-refractivity contribution is -0.116. The number of nitrogens with one attached hydrogen (secondary N) is 2. The number of aryl methyl sites for hydroxylation is 2. The minimum atomic E-state index is -0.0883. The topological polar surface area (TPSA) is 62.2 Å². The van der Waals surface area contributed by atoms with E-state index in [0.29, 0.717) is 24.1 Å². The summed E-state index contributed by atoms with van der Waals surface area (Å²) in [5, 5.41) is 7.15. The van der Waals surface area contributed by atoms with Crippen molar-refractivity contribution in [2.24, 2.45) is 0 Å². The Morgan fingerprint density at radius 2 is 1.94 bits per heavy atom. The summed E-state index contributed by atoms with van der Waals surface area (Å²) in [5.41, 5.74) is 6.53. The molecule has 0 unspecified atom stereocenters. The second-order valence-corrected chi connectivity index (χ2v) is 9.66. The van der Waals surface area contributed by atoms with Crippen molar-refractivity contribution in [1.29, 1.82) is 0 Å². The molecule has 1 fully saturated rings. The summed E-state index contributed by atoms with van der Waals surface area (Å²) in [7, 11) is 0. The quantitative estimate of drug-likeness (QED) is 0.449. The number of aromatic nitrogens is 2. The van der Waals surface area contributed by atoms with Crippen LogP contribution in [-0.2, 0) is 4.79 Å². The lowest BCUT2D eigenvalue weighted by Gasteiger charge is -2.28. The van der Waals surface area contributed by atoms with E-state index in [4.69, 9.17) is 12.2 Å². The lowest BCUT2D eigenvalue weighted by atomic mass is 9.96. The molecule has 178 valence electrons. The lowest BCUT2D eigenvalue weighted by Crippen LogP contribution is -2.33. The highest BCUT2D eigenvalue weighted by molar-refractivity contribution is 7.80. The van der Waals surface area contributed by atoms with Crippen molar-refractivity contribution in [3.63, 3.8) is 0 Å². The second kappa shape index (κ2) is 9.97. The van der Waals surface area contributed by atoms with E-state index in [1.807, 2.05) is 55.6 Å². The SMILES string of the molecule is Cc1cccc(NC(=O)CCN2C(=S)N[C@@H](c3ccccn3)[C@H]2c2cc(C)n(C(C)C)c2C)c1. The van der Waals surface area contributed by atoms with Gasteiger partial charge in [0.05, 0.1) is 17.8 Å². The fraction of sp³-hybridized carbons (Fsp3) is 0.370. The van der Waals surface area contributed by atoms with Gasteiger partial charge >= 0.3 is 0 Å². The van der Waals surface area contributed by atoms with Gasteiger partial charge in [0.2, 0.25) is 5.91 Å². The fourth-order valence-electron chi connectivity index (χ4n) is 5.05. The first-order chi connectivity index (χ1) is 16.3. The Morgan fingerprint density at radius 1 is 1.15 bits per heavy atom. The molecule has 2 aromatic heterocycles. The molecule has 6 nitrogen and oxygen atoms in total. The molecule has 0 radical (unpaired) electrons. The second-order valence-electron chi connectivity index (χ2n) is 9.28. The van der Waals surface area contributed by atoms with E-state index >= 15 is 0 Å². The third kappa shape index (κ3) is 4.85. The Kier molecular flexibility index (Phi) is 7.03. The van der Waals surface area contributed by atoms with Gasteiger partial charge in [0.1, 0.15) is 0 Å². The molecule has 1 amide bonds. The van der Waals surface area contributed by atoms with Crippen LogP contribution < -0.4 is 10.6 Å². The number of hydrogen-bond donors (Lipinski definition) is 2. The number of nitrogens with zero attached hydrogens (tertiary/aromatic N) is 3. The van der Waals surface area contributed by atoms with Crippen LogP contribution in [0.25, 0.3) is 0 Å². The molecular weight excluding hydrogens is 442 g/mol. The first-order valence-electron chi connectivity index (χ1n) is 11.8. The number of thiocarbonyl (C=S) groups is 1. The summed E-state index contributed by atoms with van der Waals surface area (Å²) in [6.07, 6.45) is 2.15. The van der Waals surface area contributed by atoms with E-state index < -0.39 is 0 Å². The molecule has 1 aromatic carbocycles. The average Bonchev–Trinajstić information content (AvgIpc) is 3.27. The van der Waals surface area contributed by atoms with Gasteiger partial charge in [0.25, 0.3) is 0 Å². The van der Waals surface area contributed by atoms with Crippen LogP contribution in [0.1, 0.15) is 66.6 Å². The van der Waals surface area contributed by atoms with E-state index in [1.165, 1.54) is 17.0 Å². The summed E-state index contributed by atoms with van der Waals surface area (Å²) >= 11 is 5.78. The van der Waals surface area contributed by atoms with Gasteiger partial charge in [0, 0.05) is 42.3 Å².